The lowest BCUT2D eigenvalue weighted by atomic mass is 10.1. The molecule has 0 aliphatic heterocycles. The van der Waals surface area contributed by atoms with E-state index in [4.69, 9.17) is 0 Å². The van der Waals surface area contributed by atoms with Gasteiger partial charge in [-0.3, -0.25) is 0 Å². The smallest absolute Gasteiger partial charge is 0.326 e. The maximum absolute atomic E-state index is 12.1. The van der Waals surface area contributed by atoms with Crippen LogP contribution < -0.4 is 5.32 Å². The molecule has 0 heterocycles. The Bertz CT molecular complexity index is 490. The van der Waals surface area contributed by atoms with Crippen LogP contribution in [0.2, 0.25) is 0 Å². The van der Waals surface area contributed by atoms with E-state index < -0.39 is 18.0 Å². The summed E-state index contributed by atoms with van der Waals surface area (Å²) in [5, 5.41) is 11.8. The highest BCUT2D eigenvalue weighted by atomic mass is 16.4. The van der Waals surface area contributed by atoms with Crippen LogP contribution in [-0.2, 0) is 11.2 Å². The van der Waals surface area contributed by atoms with Gasteiger partial charge in [-0.15, -0.1) is 13.2 Å². The maximum atomic E-state index is 12.1. The molecular formula is C16H20N2O3. The normalized spacial score (nSPS) is 11.2. The first-order chi connectivity index (χ1) is 10.1. The second kappa shape index (κ2) is 8.58. The average molecular weight is 288 g/mol. The monoisotopic (exact) mass is 288 g/mol. The maximum Gasteiger partial charge on any atom is 0.326 e. The number of hydrogen-bond donors (Lipinski definition) is 2. The molecule has 0 aliphatic carbocycles. The van der Waals surface area contributed by atoms with E-state index in [2.05, 4.69) is 18.5 Å². The van der Waals surface area contributed by atoms with Gasteiger partial charge in [0.1, 0.15) is 6.04 Å². The van der Waals surface area contributed by atoms with Crippen LogP contribution in [0.1, 0.15) is 5.56 Å². The molecule has 0 saturated heterocycles. The Morgan fingerprint density at radius 3 is 2.24 bits per heavy atom. The molecule has 1 rings (SSSR count). The predicted octanol–water partition coefficient (Wildman–Crippen LogP) is 2.07. The van der Waals surface area contributed by atoms with Crippen LogP contribution in [0.15, 0.2) is 55.6 Å². The number of aliphatic carboxylic acids is 1. The molecule has 5 nitrogen and oxygen atoms in total. The number of hydrogen-bond acceptors (Lipinski definition) is 2. The summed E-state index contributed by atoms with van der Waals surface area (Å²) in [5.41, 5.74) is 0.851. The van der Waals surface area contributed by atoms with Crippen molar-refractivity contribution in [3.05, 3.63) is 61.2 Å². The molecule has 5 heteroatoms. The summed E-state index contributed by atoms with van der Waals surface area (Å²) in [6.45, 7) is 7.81. The highest BCUT2D eigenvalue weighted by Gasteiger charge is 2.22. The van der Waals surface area contributed by atoms with Crippen LogP contribution in [0.4, 0.5) is 4.79 Å². The van der Waals surface area contributed by atoms with Gasteiger partial charge in [0.2, 0.25) is 0 Å². The van der Waals surface area contributed by atoms with E-state index in [0.29, 0.717) is 13.1 Å². The number of carboxylic acids is 1. The van der Waals surface area contributed by atoms with Crippen LogP contribution in [0.5, 0.6) is 0 Å². The van der Waals surface area contributed by atoms with Crippen LogP contribution in [-0.4, -0.2) is 41.1 Å². The average Bonchev–Trinajstić information content (AvgIpc) is 2.47. The van der Waals surface area contributed by atoms with Crippen molar-refractivity contribution in [3.63, 3.8) is 0 Å². The van der Waals surface area contributed by atoms with Crippen LogP contribution in [0, 0.1) is 0 Å². The Morgan fingerprint density at radius 2 is 1.76 bits per heavy atom. The number of amides is 2. The molecule has 2 amide bonds. The molecule has 1 atom stereocenters. The molecule has 21 heavy (non-hydrogen) atoms. The first kappa shape index (κ1) is 16.5. The minimum atomic E-state index is -1.07. The molecule has 1 aromatic rings. The van der Waals surface area contributed by atoms with Crippen molar-refractivity contribution in [2.45, 2.75) is 12.5 Å². The van der Waals surface area contributed by atoms with Crippen LogP contribution in [0.3, 0.4) is 0 Å². The van der Waals surface area contributed by atoms with Crippen molar-refractivity contribution in [3.8, 4) is 0 Å². The molecule has 0 bridgehead atoms. The van der Waals surface area contributed by atoms with Crippen LogP contribution >= 0.6 is 0 Å². The van der Waals surface area contributed by atoms with Gasteiger partial charge in [-0.05, 0) is 5.56 Å². The van der Waals surface area contributed by atoms with E-state index in [1.54, 1.807) is 12.2 Å². The zero-order valence-electron chi connectivity index (χ0n) is 11.9. The summed E-state index contributed by atoms with van der Waals surface area (Å²) >= 11 is 0. The lowest BCUT2D eigenvalue weighted by molar-refractivity contribution is -0.139. The molecule has 0 radical (unpaired) electrons. The summed E-state index contributed by atoms with van der Waals surface area (Å²) in [6, 6.07) is 7.75. The van der Waals surface area contributed by atoms with E-state index in [9.17, 15) is 14.7 Å². The van der Waals surface area contributed by atoms with Crippen LogP contribution in [0.25, 0.3) is 0 Å². The Labute approximate surface area is 124 Å². The van der Waals surface area contributed by atoms with Gasteiger partial charge in [-0.2, -0.15) is 0 Å². The summed E-state index contributed by atoms with van der Waals surface area (Å²) < 4.78 is 0. The van der Waals surface area contributed by atoms with Crippen molar-refractivity contribution in [1.29, 1.82) is 0 Å². The third-order valence-corrected chi connectivity index (χ3v) is 2.86. The fraction of sp³-hybridized carbons (Fsp3) is 0.250. The molecule has 0 unspecified atom stereocenters. The summed E-state index contributed by atoms with van der Waals surface area (Å²) in [7, 11) is 0. The zero-order valence-corrected chi connectivity index (χ0v) is 11.9. The molecule has 112 valence electrons. The van der Waals surface area contributed by atoms with Gasteiger partial charge in [-0.1, -0.05) is 42.5 Å². The number of carbonyl (C=O) groups excluding carboxylic acids is 1. The molecule has 1 aromatic carbocycles. The summed E-state index contributed by atoms with van der Waals surface area (Å²) in [5.74, 6) is -1.07. The molecular weight excluding hydrogens is 268 g/mol. The van der Waals surface area contributed by atoms with E-state index in [-0.39, 0.29) is 6.42 Å². The SMILES string of the molecule is C=CCN(CC=C)C(=O)N[C@H](Cc1ccccc1)C(=O)O. The van der Waals surface area contributed by atoms with E-state index >= 15 is 0 Å². The number of nitrogens with zero attached hydrogens (tertiary/aromatic N) is 1. The third kappa shape index (κ3) is 5.52. The summed E-state index contributed by atoms with van der Waals surface area (Å²) in [4.78, 5) is 24.8. The van der Waals surface area contributed by atoms with E-state index in [1.165, 1.54) is 4.90 Å². The standard InChI is InChI=1S/C16H20N2O3/c1-3-10-18(11-4-2)16(21)17-14(15(19)20)12-13-8-6-5-7-9-13/h3-9,14H,1-2,10-12H2,(H,17,21)(H,19,20)/t14-/m1/s1. The number of carboxylic acid groups (broad SMARTS) is 1. The fourth-order valence-electron chi connectivity index (χ4n) is 1.84. The van der Waals surface area contributed by atoms with Crippen molar-refractivity contribution in [1.82, 2.24) is 10.2 Å². The second-order valence-electron chi connectivity index (χ2n) is 4.51. The zero-order chi connectivity index (χ0) is 15.7. The third-order valence-electron chi connectivity index (χ3n) is 2.86. The Hall–Kier alpha value is -2.56. The number of carbonyl (C=O) groups is 2. The second-order valence-corrected chi connectivity index (χ2v) is 4.51. The Kier molecular flexibility index (Phi) is 6.74. The Morgan fingerprint density at radius 1 is 1.19 bits per heavy atom. The highest BCUT2D eigenvalue weighted by molar-refractivity contribution is 5.83. The molecule has 0 saturated carbocycles. The van der Waals surface area contributed by atoms with Gasteiger partial charge in [0.05, 0.1) is 0 Å². The van der Waals surface area contributed by atoms with E-state index in [1.807, 2.05) is 30.3 Å². The van der Waals surface area contributed by atoms with Crippen molar-refractivity contribution < 1.29 is 14.7 Å². The first-order valence-corrected chi connectivity index (χ1v) is 6.62. The lowest BCUT2D eigenvalue weighted by Crippen LogP contribution is -2.49. The summed E-state index contributed by atoms with van der Waals surface area (Å²) in [6.07, 6.45) is 3.39. The molecule has 0 aromatic heterocycles. The van der Waals surface area contributed by atoms with Crippen molar-refractivity contribution >= 4 is 12.0 Å². The topological polar surface area (TPSA) is 69.6 Å². The number of benzene rings is 1. The van der Waals surface area contributed by atoms with Gasteiger partial charge in [0.15, 0.2) is 0 Å². The predicted molar refractivity (Wildman–Crippen MR) is 82.1 cm³/mol. The largest absolute Gasteiger partial charge is 0.480 e. The van der Waals surface area contributed by atoms with Gasteiger partial charge in [-0.25, -0.2) is 9.59 Å². The quantitative estimate of drug-likeness (QED) is 0.719. The van der Waals surface area contributed by atoms with Crippen molar-refractivity contribution in [2.24, 2.45) is 0 Å². The van der Waals surface area contributed by atoms with Gasteiger partial charge in [0, 0.05) is 19.5 Å². The van der Waals surface area contributed by atoms with Gasteiger partial charge in [0.25, 0.3) is 0 Å². The molecule has 0 aliphatic rings. The Balaban J connectivity index is 2.73. The lowest BCUT2D eigenvalue weighted by Gasteiger charge is -2.23. The molecule has 0 spiro atoms. The highest BCUT2D eigenvalue weighted by Crippen LogP contribution is 2.04. The van der Waals surface area contributed by atoms with Gasteiger partial charge < -0.3 is 15.3 Å². The first-order valence-electron chi connectivity index (χ1n) is 6.62. The van der Waals surface area contributed by atoms with E-state index in [0.717, 1.165) is 5.56 Å². The minimum Gasteiger partial charge on any atom is -0.480 e. The fourth-order valence-corrected chi connectivity index (χ4v) is 1.84. The van der Waals surface area contributed by atoms with Gasteiger partial charge >= 0.3 is 12.0 Å². The number of nitrogens with one attached hydrogen (secondary N) is 1. The number of urea groups is 1. The van der Waals surface area contributed by atoms with Crippen molar-refractivity contribution in [2.75, 3.05) is 13.1 Å². The number of rotatable bonds is 8. The molecule has 0 fully saturated rings. The minimum absolute atomic E-state index is 0.234. The molecule has 2 N–H and O–H groups in total.